The van der Waals surface area contributed by atoms with E-state index in [9.17, 15) is 9.50 Å². The molecule has 0 saturated heterocycles. The number of aliphatic hydroxyl groups is 1. The minimum Gasteiger partial charge on any atom is -0.384 e. The monoisotopic (exact) mass is 308 g/mol. The Bertz CT molecular complexity index is 540. The Hall–Kier alpha value is -1.19. The molecule has 2 rings (SSSR count). The summed E-state index contributed by atoms with van der Waals surface area (Å²) in [7, 11) is 0. The zero-order valence-electron chi connectivity index (χ0n) is 10.2. The van der Waals surface area contributed by atoms with Crippen LogP contribution in [0.3, 0.4) is 0 Å². The number of aliphatic hydroxyl groups excluding tert-OH is 1. The zero-order valence-corrected chi connectivity index (χ0v) is 11.8. The SMILES string of the molecule is Cc1cc(C(O)c2ccc(F)cc2)cc(C)c1Br. The third-order valence-electron chi connectivity index (χ3n) is 2.96. The number of hydrogen-bond acceptors (Lipinski definition) is 1. The van der Waals surface area contributed by atoms with E-state index in [1.165, 1.54) is 12.1 Å². The van der Waals surface area contributed by atoms with Crippen LogP contribution in [0.15, 0.2) is 40.9 Å². The van der Waals surface area contributed by atoms with Crippen molar-refractivity contribution in [3.63, 3.8) is 0 Å². The van der Waals surface area contributed by atoms with Crippen LogP contribution < -0.4 is 0 Å². The van der Waals surface area contributed by atoms with Gasteiger partial charge in [0.2, 0.25) is 0 Å². The summed E-state index contributed by atoms with van der Waals surface area (Å²) in [5, 5.41) is 10.3. The molecule has 0 aromatic heterocycles. The summed E-state index contributed by atoms with van der Waals surface area (Å²) in [4.78, 5) is 0. The van der Waals surface area contributed by atoms with Gasteiger partial charge in [-0.2, -0.15) is 0 Å². The van der Waals surface area contributed by atoms with Crippen molar-refractivity contribution in [1.29, 1.82) is 0 Å². The fraction of sp³-hybridized carbons (Fsp3) is 0.200. The fourth-order valence-corrected chi connectivity index (χ4v) is 2.20. The molecule has 0 amide bonds. The summed E-state index contributed by atoms with van der Waals surface area (Å²) >= 11 is 3.50. The summed E-state index contributed by atoms with van der Waals surface area (Å²) in [5.74, 6) is -0.297. The molecule has 0 fully saturated rings. The molecule has 0 spiro atoms. The summed E-state index contributed by atoms with van der Waals surface area (Å²) in [6.07, 6.45) is -0.726. The summed E-state index contributed by atoms with van der Waals surface area (Å²) in [5.41, 5.74) is 3.66. The van der Waals surface area contributed by atoms with Crippen molar-refractivity contribution in [2.75, 3.05) is 0 Å². The van der Waals surface area contributed by atoms with Gasteiger partial charge in [-0.25, -0.2) is 4.39 Å². The minimum absolute atomic E-state index is 0.297. The molecule has 2 aromatic carbocycles. The van der Waals surface area contributed by atoms with E-state index in [1.54, 1.807) is 12.1 Å². The minimum atomic E-state index is -0.726. The predicted octanol–water partition coefficient (Wildman–Crippen LogP) is 4.29. The van der Waals surface area contributed by atoms with E-state index in [2.05, 4.69) is 15.9 Å². The maximum absolute atomic E-state index is 12.8. The van der Waals surface area contributed by atoms with Gasteiger partial charge in [-0.3, -0.25) is 0 Å². The molecule has 3 heteroatoms. The molecule has 0 aliphatic rings. The van der Waals surface area contributed by atoms with Crippen LogP contribution in [-0.2, 0) is 0 Å². The second-order valence-corrected chi connectivity index (χ2v) is 5.22. The number of aryl methyl sites for hydroxylation is 2. The molecule has 0 aliphatic carbocycles. The molecule has 0 saturated carbocycles. The number of hydrogen-bond donors (Lipinski definition) is 1. The van der Waals surface area contributed by atoms with E-state index in [1.807, 2.05) is 26.0 Å². The second kappa shape index (κ2) is 5.21. The molecule has 0 heterocycles. The lowest BCUT2D eigenvalue weighted by atomic mass is 9.98. The second-order valence-electron chi connectivity index (χ2n) is 4.42. The average Bonchev–Trinajstić information content (AvgIpc) is 2.35. The predicted molar refractivity (Wildman–Crippen MR) is 74.1 cm³/mol. The van der Waals surface area contributed by atoms with Crippen LogP contribution in [-0.4, -0.2) is 5.11 Å². The zero-order chi connectivity index (χ0) is 13.3. The van der Waals surface area contributed by atoms with E-state index in [-0.39, 0.29) is 5.82 Å². The Morgan fingerprint density at radius 1 is 1.00 bits per heavy atom. The van der Waals surface area contributed by atoms with Crippen molar-refractivity contribution in [1.82, 2.24) is 0 Å². The number of halogens is 2. The van der Waals surface area contributed by atoms with Crippen LogP contribution in [0.2, 0.25) is 0 Å². The highest BCUT2D eigenvalue weighted by Gasteiger charge is 2.12. The molecular formula is C15H14BrFO. The van der Waals surface area contributed by atoms with Crippen LogP contribution in [0.4, 0.5) is 4.39 Å². The standard InChI is InChI=1S/C15H14BrFO/c1-9-7-12(8-10(2)14(9)16)15(18)11-3-5-13(17)6-4-11/h3-8,15,18H,1-2H3. The summed E-state index contributed by atoms with van der Waals surface area (Å²) in [6.45, 7) is 3.97. The molecule has 1 nitrogen and oxygen atoms in total. The highest BCUT2D eigenvalue weighted by atomic mass is 79.9. The lowest BCUT2D eigenvalue weighted by molar-refractivity contribution is 0.220. The molecule has 1 atom stereocenters. The third-order valence-corrected chi connectivity index (χ3v) is 4.21. The Labute approximate surface area is 114 Å². The normalized spacial score (nSPS) is 12.5. The molecule has 1 unspecified atom stereocenters. The highest BCUT2D eigenvalue weighted by Crippen LogP contribution is 2.28. The van der Waals surface area contributed by atoms with Crippen LogP contribution in [0, 0.1) is 19.7 Å². The lowest BCUT2D eigenvalue weighted by Crippen LogP contribution is -2.01. The smallest absolute Gasteiger partial charge is 0.123 e. The van der Waals surface area contributed by atoms with Gasteiger partial charge in [0.05, 0.1) is 0 Å². The van der Waals surface area contributed by atoms with Crippen LogP contribution in [0.1, 0.15) is 28.4 Å². The molecular weight excluding hydrogens is 295 g/mol. The molecule has 18 heavy (non-hydrogen) atoms. The van der Waals surface area contributed by atoms with Gasteiger partial charge in [-0.15, -0.1) is 0 Å². The fourth-order valence-electron chi connectivity index (χ4n) is 1.97. The van der Waals surface area contributed by atoms with E-state index in [0.29, 0.717) is 5.56 Å². The maximum Gasteiger partial charge on any atom is 0.123 e. The lowest BCUT2D eigenvalue weighted by Gasteiger charge is -2.14. The number of benzene rings is 2. The first-order valence-corrected chi connectivity index (χ1v) is 6.48. The van der Waals surface area contributed by atoms with Crippen LogP contribution >= 0.6 is 15.9 Å². The van der Waals surface area contributed by atoms with Crippen molar-refractivity contribution in [2.24, 2.45) is 0 Å². The van der Waals surface area contributed by atoms with E-state index < -0.39 is 6.10 Å². The largest absolute Gasteiger partial charge is 0.384 e. The van der Waals surface area contributed by atoms with Crippen LogP contribution in [0.25, 0.3) is 0 Å². The Morgan fingerprint density at radius 3 is 2.00 bits per heavy atom. The maximum atomic E-state index is 12.8. The molecule has 2 aromatic rings. The first-order valence-electron chi connectivity index (χ1n) is 5.69. The Kier molecular flexibility index (Phi) is 3.83. The molecule has 94 valence electrons. The first-order chi connectivity index (χ1) is 8.49. The van der Waals surface area contributed by atoms with Crippen molar-refractivity contribution >= 4 is 15.9 Å². The van der Waals surface area contributed by atoms with Gasteiger partial charge < -0.3 is 5.11 Å². The average molecular weight is 309 g/mol. The van der Waals surface area contributed by atoms with Gasteiger partial charge >= 0.3 is 0 Å². The van der Waals surface area contributed by atoms with Gasteiger partial charge in [0.15, 0.2) is 0 Å². The summed E-state index contributed by atoms with van der Waals surface area (Å²) < 4.78 is 13.9. The van der Waals surface area contributed by atoms with Crippen molar-refractivity contribution in [2.45, 2.75) is 20.0 Å². The van der Waals surface area contributed by atoms with Crippen molar-refractivity contribution in [3.8, 4) is 0 Å². The highest BCUT2D eigenvalue weighted by molar-refractivity contribution is 9.10. The first kappa shape index (κ1) is 13.2. The van der Waals surface area contributed by atoms with Gasteiger partial charge in [-0.05, 0) is 48.2 Å². The van der Waals surface area contributed by atoms with Gasteiger partial charge in [0.25, 0.3) is 0 Å². The molecule has 0 radical (unpaired) electrons. The topological polar surface area (TPSA) is 20.2 Å². The molecule has 0 bridgehead atoms. The quantitative estimate of drug-likeness (QED) is 0.877. The van der Waals surface area contributed by atoms with Crippen molar-refractivity contribution in [3.05, 3.63) is 68.9 Å². The van der Waals surface area contributed by atoms with Gasteiger partial charge in [-0.1, -0.05) is 40.2 Å². The van der Waals surface area contributed by atoms with E-state index in [4.69, 9.17) is 0 Å². The molecule has 1 N–H and O–H groups in total. The number of rotatable bonds is 2. The Balaban J connectivity index is 2.39. The van der Waals surface area contributed by atoms with Gasteiger partial charge in [0.1, 0.15) is 11.9 Å². The summed E-state index contributed by atoms with van der Waals surface area (Å²) in [6, 6.07) is 9.80. The Morgan fingerprint density at radius 2 is 1.50 bits per heavy atom. The molecule has 0 aliphatic heterocycles. The van der Waals surface area contributed by atoms with Crippen molar-refractivity contribution < 1.29 is 9.50 Å². The van der Waals surface area contributed by atoms with Crippen LogP contribution in [0.5, 0.6) is 0 Å². The van der Waals surface area contributed by atoms with Gasteiger partial charge in [0, 0.05) is 4.47 Å². The van der Waals surface area contributed by atoms with E-state index in [0.717, 1.165) is 21.2 Å². The van der Waals surface area contributed by atoms with E-state index >= 15 is 0 Å². The third kappa shape index (κ3) is 2.62.